The summed E-state index contributed by atoms with van der Waals surface area (Å²) in [5, 5.41) is 22.4. The summed E-state index contributed by atoms with van der Waals surface area (Å²) in [6, 6.07) is 2.80. The van der Waals surface area contributed by atoms with Crippen LogP contribution in [0.3, 0.4) is 0 Å². The molecule has 2 N–H and O–H groups in total. The SMILES string of the molecule is COC(=O)[C@H](Cc1ccc(O)c([N+](=O)[O-])c1)NC(C)=O. The van der Waals surface area contributed by atoms with Gasteiger partial charge in [-0.1, -0.05) is 6.07 Å². The third-order valence-corrected chi connectivity index (χ3v) is 2.54. The molecule has 8 heteroatoms. The van der Waals surface area contributed by atoms with Crippen LogP contribution in [0.4, 0.5) is 5.69 Å². The van der Waals surface area contributed by atoms with Gasteiger partial charge in [0.1, 0.15) is 6.04 Å². The molecule has 0 radical (unpaired) electrons. The Hall–Kier alpha value is -2.64. The van der Waals surface area contributed by atoms with E-state index in [1.54, 1.807) is 0 Å². The van der Waals surface area contributed by atoms with Crippen LogP contribution in [0.2, 0.25) is 0 Å². The van der Waals surface area contributed by atoms with Crippen molar-refractivity contribution in [2.45, 2.75) is 19.4 Å². The molecular weight excluding hydrogens is 268 g/mol. The van der Waals surface area contributed by atoms with Crippen molar-refractivity contribution in [3.05, 3.63) is 33.9 Å². The Labute approximate surface area is 114 Å². The summed E-state index contributed by atoms with van der Waals surface area (Å²) in [7, 11) is 1.18. The number of methoxy groups -OCH3 is 1. The average molecular weight is 282 g/mol. The van der Waals surface area contributed by atoms with Crippen LogP contribution in [0.15, 0.2) is 18.2 Å². The number of esters is 1. The van der Waals surface area contributed by atoms with Gasteiger partial charge in [0.05, 0.1) is 12.0 Å². The van der Waals surface area contributed by atoms with Gasteiger partial charge in [-0.05, 0) is 11.6 Å². The van der Waals surface area contributed by atoms with Crippen molar-refractivity contribution in [3.8, 4) is 5.75 Å². The third kappa shape index (κ3) is 3.94. The summed E-state index contributed by atoms with van der Waals surface area (Å²) in [6.45, 7) is 1.25. The molecule has 0 saturated carbocycles. The van der Waals surface area contributed by atoms with E-state index < -0.39 is 34.3 Å². The Morgan fingerprint density at radius 2 is 2.15 bits per heavy atom. The van der Waals surface area contributed by atoms with Crippen LogP contribution in [0, 0.1) is 10.1 Å². The van der Waals surface area contributed by atoms with Gasteiger partial charge in [0.15, 0.2) is 5.75 Å². The van der Waals surface area contributed by atoms with E-state index in [2.05, 4.69) is 10.1 Å². The van der Waals surface area contributed by atoms with E-state index in [0.29, 0.717) is 5.56 Å². The van der Waals surface area contributed by atoms with Gasteiger partial charge in [0, 0.05) is 19.4 Å². The van der Waals surface area contributed by atoms with E-state index >= 15 is 0 Å². The minimum absolute atomic E-state index is 0.0212. The largest absolute Gasteiger partial charge is 0.502 e. The molecular formula is C12H14N2O6. The highest BCUT2D eigenvalue weighted by atomic mass is 16.6. The highest BCUT2D eigenvalue weighted by Crippen LogP contribution is 2.26. The summed E-state index contributed by atoms with van der Waals surface area (Å²) in [6.07, 6.45) is 0.0212. The number of phenols is 1. The summed E-state index contributed by atoms with van der Waals surface area (Å²) in [5.41, 5.74) is -0.0485. The second-order valence-electron chi connectivity index (χ2n) is 4.06. The van der Waals surface area contributed by atoms with Crippen LogP contribution in [-0.4, -0.2) is 35.1 Å². The number of carbonyl (C=O) groups is 2. The van der Waals surface area contributed by atoms with Gasteiger partial charge in [-0.3, -0.25) is 14.9 Å². The number of nitro groups is 1. The smallest absolute Gasteiger partial charge is 0.328 e. The number of hydrogen-bond donors (Lipinski definition) is 2. The fourth-order valence-electron chi connectivity index (χ4n) is 1.66. The van der Waals surface area contributed by atoms with Crippen molar-refractivity contribution in [1.82, 2.24) is 5.32 Å². The van der Waals surface area contributed by atoms with Crippen molar-refractivity contribution < 1.29 is 24.4 Å². The topological polar surface area (TPSA) is 119 Å². The zero-order chi connectivity index (χ0) is 15.3. The maximum atomic E-state index is 11.5. The zero-order valence-corrected chi connectivity index (χ0v) is 11.0. The highest BCUT2D eigenvalue weighted by molar-refractivity contribution is 5.83. The van der Waals surface area contributed by atoms with Crippen LogP contribution in [0.5, 0.6) is 5.75 Å². The Balaban J connectivity index is 2.99. The second-order valence-corrected chi connectivity index (χ2v) is 4.06. The van der Waals surface area contributed by atoms with Crippen molar-refractivity contribution in [1.29, 1.82) is 0 Å². The van der Waals surface area contributed by atoms with Gasteiger partial charge in [-0.15, -0.1) is 0 Å². The number of aromatic hydroxyl groups is 1. The predicted molar refractivity (Wildman–Crippen MR) is 68.1 cm³/mol. The molecule has 0 aromatic heterocycles. The Morgan fingerprint density at radius 1 is 1.50 bits per heavy atom. The van der Waals surface area contributed by atoms with Crippen molar-refractivity contribution in [2.24, 2.45) is 0 Å². The number of nitrogens with zero attached hydrogens (tertiary/aromatic N) is 1. The zero-order valence-electron chi connectivity index (χ0n) is 11.0. The summed E-state index contributed by atoms with van der Waals surface area (Å²) in [4.78, 5) is 32.5. The van der Waals surface area contributed by atoms with Crippen LogP contribution < -0.4 is 5.32 Å². The lowest BCUT2D eigenvalue weighted by Crippen LogP contribution is -2.41. The number of ether oxygens (including phenoxy) is 1. The maximum absolute atomic E-state index is 11.5. The number of nitro benzene ring substituents is 1. The molecule has 0 aliphatic carbocycles. The van der Waals surface area contributed by atoms with E-state index in [0.717, 1.165) is 12.1 Å². The lowest BCUT2D eigenvalue weighted by atomic mass is 10.0. The van der Waals surface area contributed by atoms with Gasteiger partial charge in [-0.25, -0.2) is 4.79 Å². The molecule has 1 amide bonds. The van der Waals surface area contributed by atoms with Gasteiger partial charge in [0.2, 0.25) is 5.91 Å². The average Bonchev–Trinajstić information content (AvgIpc) is 2.38. The lowest BCUT2D eigenvalue weighted by Gasteiger charge is -2.15. The molecule has 20 heavy (non-hydrogen) atoms. The molecule has 0 unspecified atom stereocenters. The van der Waals surface area contributed by atoms with Crippen LogP contribution in [0.1, 0.15) is 12.5 Å². The molecule has 0 aliphatic rings. The van der Waals surface area contributed by atoms with E-state index in [-0.39, 0.29) is 6.42 Å². The first-order valence-electron chi connectivity index (χ1n) is 5.66. The molecule has 0 fully saturated rings. The van der Waals surface area contributed by atoms with Crippen molar-refractivity contribution in [2.75, 3.05) is 7.11 Å². The summed E-state index contributed by atoms with van der Waals surface area (Å²) in [5.74, 6) is -1.54. The summed E-state index contributed by atoms with van der Waals surface area (Å²) < 4.78 is 4.55. The molecule has 0 heterocycles. The van der Waals surface area contributed by atoms with E-state index in [1.807, 2.05) is 0 Å². The fraction of sp³-hybridized carbons (Fsp3) is 0.333. The molecule has 0 saturated heterocycles. The number of rotatable bonds is 5. The van der Waals surface area contributed by atoms with Gasteiger partial charge in [-0.2, -0.15) is 0 Å². The van der Waals surface area contributed by atoms with Gasteiger partial charge >= 0.3 is 11.7 Å². The number of phenolic OH excluding ortho intramolecular Hbond substituents is 1. The first kappa shape index (κ1) is 15.4. The number of amides is 1. The Bertz CT molecular complexity index is 543. The highest BCUT2D eigenvalue weighted by Gasteiger charge is 2.22. The minimum atomic E-state index is -0.943. The molecule has 1 aromatic carbocycles. The molecule has 0 aliphatic heterocycles. The van der Waals surface area contributed by atoms with Crippen LogP contribution in [0.25, 0.3) is 0 Å². The molecule has 1 atom stereocenters. The Kier molecular flexibility index (Phi) is 5.01. The molecule has 1 aromatic rings. The fourth-order valence-corrected chi connectivity index (χ4v) is 1.66. The normalized spacial score (nSPS) is 11.5. The molecule has 8 nitrogen and oxygen atoms in total. The second kappa shape index (κ2) is 6.50. The van der Waals surface area contributed by atoms with Crippen LogP contribution >= 0.6 is 0 Å². The van der Waals surface area contributed by atoms with E-state index in [9.17, 15) is 24.8 Å². The third-order valence-electron chi connectivity index (χ3n) is 2.54. The van der Waals surface area contributed by atoms with Gasteiger partial charge in [0.25, 0.3) is 0 Å². The lowest BCUT2D eigenvalue weighted by molar-refractivity contribution is -0.385. The first-order valence-corrected chi connectivity index (χ1v) is 5.66. The summed E-state index contributed by atoms with van der Waals surface area (Å²) >= 11 is 0. The number of carbonyl (C=O) groups excluding carboxylic acids is 2. The van der Waals surface area contributed by atoms with Crippen LogP contribution in [-0.2, 0) is 20.7 Å². The van der Waals surface area contributed by atoms with Crippen molar-refractivity contribution >= 4 is 17.6 Å². The monoisotopic (exact) mass is 282 g/mol. The standard InChI is InChI=1S/C12H14N2O6/c1-7(15)13-9(12(17)20-2)5-8-3-4-11(16)10(6-8)14(18)19/h3-4,6,9,16H,5H2,1-2H3,(H,13,15)/t9-/m0/s1. The van der Waals surface area contributed by atoms with Gasteiger partial charge < -0.3 is 15.2 Å². The quantitative estimate of drug-likeness (QED) is 0.461. The number of hydrogen-bond acceptors (Lipinski definition) is 6. The Morgan fingerprint density at radius 3 is 2.65 bits per heavy atom. The van der Waals surface area contributed by atoms with E-state index in [4.69, 9.17) is 0 Å². The van der Waals surface area contributed by atoms with E-state index in [1.165, 1.54) is 20.1 Å². The van der Waals surface area contributed by atoms with Crippen molar-refractivity contribution in [3.63, 3.8) is 0 Å². The number of benzene rings is 1. The number of nitrogens with one attached hydrogen (secondary N) is 1. The first-order chi connectivity index (χ1) is 9.35. The molecule has 108 valence electrons. The predicted octanol–water partition coefficient (Wildman–Crippen LogP) is 0.521. The molecule has 1 rings (SSSR count). The maximum Gasteiger partial charge on any atom is 0.328 e. The molecule has 0 bridgehead atoms. The minimum Gasteiger partial charge on any atom is -0.502 e. The molecule has 0 spiro atoms.